The van der Waals surface area contributed by atoms with Crippen molar-refractivity contribution >= 4 is 39.1 Å². The number of halogens is 1. The molecule has 1 aliphatic rings. The molecule has 7 heteroatoms. The van der Waals surface area contributed by atoms with Crippen molar-refractivity contribution < 1.29 is 9.59 Å². The molecule has 0 aromatic carbocycles. The molecule has 0 unspecified atom stereocenters. The van der Waals surface area contributed by atoms with Gasteiger partial charge < -0.3 is 16.0 Å². The molecule has 3 N–H and O–H groups in total. The number of nitrogens with two attached hydrogens (primary N) is 1. The smallest absolute Gasteiger partial charge is 0.264 e. The van der Waals surface area contributed by atoms with Crippen LogP contribution in [-0.2, 0) is 4.79 Å². The van der Waals surface area contributed by atoms with E-state index in [1.807, 2.05) is 6.07 Å². The fraction of sp³-hybridized carbons (Fsp3) is 0.571. The average molecular weight is 374 g/mol. The van der Waals surface area contributed by atoms with Crippen LogP contribution >= 0.6 is 27.3 Å². The molecule has 21 heavy (non-hydrogen) atoms. The van der Waals surface area contributed by atoms with Gasteiger partial charge in [0.25, 0.3) is 5.91 Å². The Morgan fingerprint density at radius 3 is 2.62 bits per heavy atom. The lowest BCUT2D eigenvalue weighted by atomic mass is 9.98. The van der Waals surface area contributed by atoms with Crippen LogP contribution in [0.1, 0.15) is 35.4 Å². The Bertz CT molecular complexity index is 526. The molecular weight excluding hydrogens is 354 g/mol. The lowest BCUT2D eigenvalue weighted by Crippen LogP contribution is -2.54. The quantitative estimate of drug-likeness (QED) is 0.828. The third kappa shape index (κ3) is 4.05. The van der Waals surface area contributed by atoms with Gasteiger partial charge in [0.2, 0.25) is 5.91 Å². The number of nitrogens with zero attached hydrogens (tertiary/aromatic N) is 1. The molecule has 1 fully saturated rings. The van der Waals surface area contributed by atoms with Crippen molar-refractivity contribution in [2.24, 2.45) is 5.73 Å². The highest BCUT2D eigenvalue weighted by Crippen LogP contribution is 2.28. The van der Waals surface area contributed by atoms with Crippen LogP contribution in [0.4, 0.5) is 0 Å². The molecule has 0 radical (unpaired) electrons. The van der Waals surface area contributed by atoms with E-state index < -0.39 is 0 Å². The standard InChI is InChI=1S/C14H20BrN3O2S/c1-18(13(20)10-4-5-11(15)21-10)8-12(19)17-14(9-16)6-2-3-7-14/h4-5H,2-3,6-9,16H2,1H3,(H,17,19). The van der Waals surface area contributed by atoms with E-state index in [9.17, 15) is 9.59 Å². The van der Waals surface area contributed by atoms with Gasteiger partial charge in [-0.2, -0.15) is 0 Å². The second-order valence-corrected chi connectivity index (χ2v) is 7.97. The molecule has 1 aromatic rings. The van der Waals surface area contributed by atoms with Crippen LogP contribution in [0.2, 0.25) is 0 Å². The topological polar surface area (TPSA) is 75.4 Å². The molecule has 5 nitrogen and oxygen atoms in total. The highest BCUT2D eigenvalue weighted by molar-refractivity contribution is 9.11. The predicted octanol–water partition coefficient (Wildman–Crippen LogP) is 1.97. The number of likely N-dealkylation sites (N-methyl/N-ethyl adjacent to an activating group) is 1. The fourth-order valence-electron chi connectivity index (χ4n) is 2.67. The van der Waals surface area contributed by atoms with Crippen molar-refractivity contribution in [2.75, 3.05) is 20.1 Å². The molecule has 0 bridgehead atoms. The second-order valence-electron chi connectivity index (χ2n) is 5.50. The Hall–Kier alpha value is -0.920. The zero-order valence-electron chi connectivity index (χ0n) is 12.0. The summed E-state index contributed by atoms with van der Waals surface area (Å²) in [7, 11) is 1.64. The van der Waals surface area contributed by atoms with E-state index in [1.165, 1.54) is 16.2 Å². The van der Waals surface area contributed by atoms with Gasteiger partial charge in [0, 0.05) is 13.6 Å². The average Bonchev–Trinajstić information content (AvgIpc) is 3.07. The molecule has 1 aliphatic carbocycles. The minimum Gasteiger partial charge on any atom is -0.348 e. The third-order valence-corrected chi connectivity index (χ3v) is 5.48. The highest BCUT2D eigenvalue weighted by Gasteiger charge is 2.34. The number of thiophene rings is 1. The predicted molar refractivity (Wildman–Crippen MR) is 87.4 cm³/mol. The summed E-state index contributed by atoms with van der Waals surface area (Å²) in [5.74, 6) is -0.289. The molecule has 1 saturated carbocycles. The molecule has 116 valence electrons. The van der Waals surface area contributed by atoms with E-state index in [2.05, 4.69) is 21.2 Å². The van der Waals surface area contributed by atoms with E-state index in [4.69, 9.17) is 5.73 Å². The van der Waals surface area contributed by atoms with Crippen LogP contribution < -0.4 is 11.1 Å². The van der Waals surface area contributed by atoms with Crippen LogP contribution in [0.25, 0.3) is 0 Å². The van der Waals surface area contributed by atoms with E-state index in [0.29, 0.717) is 11.4 Å². The summed E-state index contributed by atoms with van der Waals surface area (Å²) in [5.41, 5.74) is 5.53. The second kappa shape index (κ2) is 6.89. The SMILES string of the molecule is CN(CC(=O)NC1(CN)CCCC1)C(=O)c1ccc(Br)s1. The molecule has 0 aliphatic heterocycles. The Balaban J connectivity index is 1.91. The number of hydrogen-bond acceptors (Lipinski definition) is 4. The van der Waals surface area contributed by atoms with E-state index in [-0.39, 0.29) is 23.9 Å². The van der Waals surface area contributed by atoms with Gasteiger partial charge in [0.15, 0.2) is 0 Å². The van der Waals surface area contributed by atoms with Crippen LogP contribution in [0.5, 0.6) is 0 Å². The van der Waals surface area contributed by atoms with E-state index >= 15 is 0 Å². The molecule has 0 atom stereocenters. The molecule has 0 spiro atoms. The van der Waals surface area contributed by atoms with Crippen molar-refractivity contribution in [3.8, 4) is 0 Å². The van der Waals surface area contributed by atoms with Crippen molar-refractivity contribution in [3.63, 3.8) is 0 Å². The normalized spacial score (nSPS) is 16.7. The number of hydrogen-bond donors (Lipinski definition) is 2. The largest absolute Gasteiger partial charge is 0.348 e. The Morgan fingerprint density at radius 1 is 1.43 bits per heavy atom. The third-order valence-electron chi connectivity index (χ3n) is 3.87. The molecule has 2 amide bonds. The first-order chi connectivity index (χ1) is 9.96. The van der Waals surface area contributed by atoms with Gasteiger partial charge in [-0.25, -0.2) is 0 Å². The fourth-order valence-corrected chi connectivity index (χ4v) is 4.05. The first-order valence-corrected chi connectivity index (χ1v) is 8.59. The summed E-state index contributed by atoms with van der Waals surface area (Å²) in [6.45, 7) is 0.504. The molecular formula is C14H20BrN3O2S. The number of carbonyl (C=O) groups is 2. The van der Waals surface area contributed by atoms with Crippen molar-refractivity contribution in [3.05, 3.63) is 20.8 Å². The highest BCUT2D eigenvalue weighted by atomic mass is 79.9. The van der Waals surface area contributed by atoms with Gasteiger partial charge in [-0.15, -0.1) is 11.3 Å². The summed E-state index contributed by atoms with van der Waals surface area (Å²) in [6, 6.07) is 3.58. The van der Waals surface area contributed by atoms with Gasteiger partial charge in [-0.1, -0.05) is 12.8 Å². The van der Waals surface area contributed by atoms with Crippen molar-refractivity contribution in [1.29, 1.82) is 0 Å². The lowest BCUT2D eigenvalue weighted by molar-refractivity contribution is -0.123. The van der Waals surface area contributed by atoms with Gasteiger partial charge >= 0.3 is 0 Å². The van der Waals surface area contributed by atoms with Crippen LogP contribution in [0.3, 0.4) is 0 Å². The van der Waals surface area contributed by atoms with E-state index in [0.717, 1.165) is 29.5 Å². The van der Waals surface area contributed by atoms with Gasteiger partial charge in [-0.3, -0.25) is 9.59 Å². The number of carbonyl (C=O) groups excluding carboxylic acids is 2. The monoisotopic (exact) mass is 373 g/mol. The molecule has 1 aromatic heterocycles. The van der Waals surface area contributed by atoms with Gasteiger partial charge in [0.1, 0.15) is 0 Å². The van der Waals surface area contributed by atoms with Crippen LogP contribution in [0, 0.1) is 0 Å². The maximum Gasteiger partial charge on any atom is 0.264 e. The summed E-state index contributed by atoms with van der Waals surface area (Å²) in [6.07, 6.45) is 4.03. The zero-order valence-corrected chi connectivity index (χ0v) is 14.4. The molecule has 2 rings (SSSR count). The lowest BCUT2D eigenvalue weighted by Gasteiger charge is -2.29. The van der Waals surface area contributed by atoms with Crippen molar-refractivity contribution in [1.82, 2.24) is 10.2 Å². The zero-order chi connectivity index (χ0) is 15.5. The maximum absolute atomic E-state index is 12.2. The first-order valence-electron chi connectivity index (χ1n) is 6.98. The first kappa shape index (κ1) is 16.5. The summed E-state index contributed by atoms with van der Waals surface area (Å²) >= 11 is 4.69. The summed E-state index contributed by atoms with van der Waals surface area (Å²) in [5, 5.41) is 3.02. The van der Waals surface area contributed by atoms with E-state index in [1.54, 1.807) is 13.1 Å². The Morgan fingerprint density at radius 2 is 2.10 bits per heavy atom. The Kier molecular flexibility index (Phi) is 5.40. The molecule has 0 saturated heterocycles. The molecule has 1 heterocycles. The number of nitrogens with one attached hydrogen (secondary N) is 1. The Labute approximate surface area is 137 Å². The number of rotatable bonds is 5. The van der Waals surface area contributed by atoms with Gasteiger partial charge in [-0.05, 0) is 40.9 Å². The summed E-state index contributed by atoms with van der Waals surface area (Å²) < 4.78 is 0.900. The maximum atomic E-state index is 12.2. The number of amides is 2. The summed E-state index contributed by atoms with van der Waals surface area (Å²) in [4.78, 5) is 26.4. The van der Waals surface area contributed by atoms with Crippen LogP contribution in [0.15, 0.2) is 15.9 Å². The van der Waals surface area contributed by atoms with Gasteiger partial charge in [0.05, 0.1) is 20.7 Å². The van der Waals surface area contributed by atoms with Crippen molar-refractivity contribution in [2.45, 2.75) is 31.2 Å². The minimum atomic E-state index is -0.271. The van der Waals surface area contributed by atoms with Crippen LogP contribution in [-0.4, -0.2) is 42.4 Å². The minimum absolute atomic E-state index is 0.0517.